The van der Waals surface area contributed by atoms with Crippen LogP contribution in [0.1, 0.15) is 5.69 Å². The van der Waals surface area contributed by atoms with Crippen LogP contribution in [-0.4, -0.2) is 0 Å². The molecular weight excluding hydrogens is 244 g/mol. The summed E-state index contributed by atoms with van der Waals surface area (Å²) < 4.78 is 1.74. The minimum Gasteiger partial charge on any atom is -0.205 e. The Labute approximate surface area is 119 Å². The summed E-state index contributed by atoms with van der Waals surface area (Å²) >= 11 is 0. The highest BCUT2D eigenvalue weighted by Crippen LogP contribution is 2.24. The van der Waals surface area contributed by atoms with Crippen molar-refractivity contribution in [3.05, 3.63) is 78.5 Å². The largest absolute Gasteiger partial charge is 0.242 e. The smallest absolute Gasteiger partial charge is 0.205 e. The molecule has 0 atom stereocenters. The fourth-order valence-electron chi connectivity index (χ4n) is 2.37. The number of rotatable bonds is 2. The first-order valence-electron chi connectivity index (χ1n) is 6.68. The first-order chi connectivity index (χ1) is 9.75. The summed E-state index contributed by atoms with van der Waals surface area (Å²) in [5, 5.41) is 0. The zero-order chi connectivity index (χ0) is 13.9. The lowest BCUT2D eigenvalue weighted by molar-refractivity contribution is -0.634. The van der Waals surface area contributed by atoms with Crippen molar-refractivity contribution in [2.75, 3.05) is 5.84 Å². The number of aryl methyl sites for hydroxylation is 1. The first-order valence-corrected chi connectivity index (χ1v) is 6.68. The summed E-state index contributed by atoms with van der Waals surface area (Å²) in [5.74, 6) is 6.18. The van der Waals surface area contributed by atoms with Crippen LogP contribution in [-0.2, 0) is 0 Å². The summed E-state index contributed by atoms with van der Waals surface area (Å²) in [6.45, 7) is 2.03. The fourth-order valence-corrected chi connectivity index (χ4v) is 2.37. The molecule has 0 unspecified atom stereocenters. The molecule has 0 aliphatic carbocycles. The molecule has 0 aliphatic heterocycles. The van der Waals surface area contributed by atoms with Gasteiger partial charge in [-0.3, -0.25) is 0 Å². The number of nitrogens with two attached hydrogens (primary N) is 1. The van der Waals surface area contributed by atoms with Gasteiger partial charge in [-0.15, -0.1) is 0 Å². The van der Waals surface area contributed by atoms with Crippen molar-refractivity contribution in [3.63, 3.8) is 0 Å². The second kappa shape index (κ2) is 5.17. The van der Waals surface area contributed by atoms with Crippen molar-refractivity contribution in [1.29, 1.82) is 0 Å². The molecule has 0 bridgehead atoms. The Kier molecular flexibility index (Phi) is 3.21. The molecule has 20 heavy (non-hydrogen) atoms. The molecule has 0 radical (unpaired) electrons. The Morgan fingerprint density at radius 3 is 1.85 bits per heavy atom. The van der Waals surface area contributed by atoms with E-state index >= 15 is 0 Å². The van der Waals surface area contributed by atoms with Crippen molar-refractivity contribution in [2.24, 2.45) is 0 Å². The number of aromatic nitrogens is 1. The number of nitrogen functional groups attached to an aromatic ring is 1. The number of hydrogen-bond donors (Lipinski definition) is 1. The molecule has 0 aliphatic rings. The lowest BCUT2D eigenvalue weighted by Gasteiger charge is -2.06. The van der Waals surface area contributed by atoms with Gasteiger partial charge in [-0.05, 0) is 23.3 Å². The summed E-state index contributed by atoms with van der Waals surface area (Å²) in [7, 11) is 0. The van der Waals surface area contributed by atoms with Crippen LogP contribution in [0, 0.1) is 6.92 Å². The third kappa shape index (κ3) is 2.28. The van der Waals surface area contributed by atoms with Crippen LogP contribution >= 0.6 is 0 Å². The lowest BCUT2D eigenvalue weighted by atomic mass is 10.0. The van der Waals surface area contributed by atoms with Gasteiger partial charge in [0, 0.05) is 24.6 Å². The molecule has 1 heterocycles. The molecule has 3 rings (SSSR count). The quantitative estimate of drug-likeness (QED) is 0.556. The topological polar surface area (TPSA) is 29.9 Å². The van der Waals surface area contributed by atoms with Gasteiger partial charge in [0.1, 0.15) is 0 Å². The van der Waals surface area contributed by atoms with Gasteiger partial charge < -0.3 is 0 Å². The molecule has 0 saturated carbocycles. The molecule has 0 amide bonds. The van der Waals surface area contributed by atoms with Crippen molar-refractivity contribution in [3.8, 4) is 22.4 Å². The minimum absolute atomic E-state index is 1.02. The van der Waals surface area contributed by atoms with Gasteiger partial charge in [-0.2, -0.15) is 0 Å². The maximum atomic E-state index is 6.18. The fraction of sp³-hybridized carbons (Fsp3) is 0.0556. The normalized spacial score (nSPS) is 10.4. The van der Waals surface area contributed by atoms with Gasteiger partial charge in [0.15, 0.2) is 0 Å². The summed E-state index contributed by atoms with van der Waals surface area (Å²) in [5.41, 5.74) is 5.56. The van der Waals surface area contributed by atoms with Crippen LogP contribution in [0.5, 0.6) is 0 Å². The van der Waals surface area contributed by atoms with Crippen molar-refractivity contribution >= 4 is 0 Å². The van der Waals surface area contributed by atoms with E-state index in [1.165, 1.54) is 11.1 Å². The Balaban J connectivity index is 2.19. The Morgan fingerprint density at radius 2 is 1.25 bits per heavy atom. The number of nitrogens with zero attached hydrogens (tertiary/aromatic N) is 1. The van der Waals surface area contributed by atoms with Gasteiger partial charge in [-0.25, -0.2) is 5.84 Å². The maximum Gasteiger partial charge on any atom is 0.242 e. The van der Waals surface area contributed by atoms with E-state index in [2.05, 4.69) is 48.5 Å². The zero-order valence-corrected chi connectivity index (χ0v) is 11.5. The average Bonchev–Trinajstić information content (AvgIpc) is 2.51. The molecule has 2 nitrogen and oxygen atoms in total. The minimum atomic E-state index is 1.02. The molecule has 0 saturated heterocycles. The summed E-state index contributed by atoms with van der Waals surface area (Å²) in [6.07, 6.45) is 0. The third-order valence-corrected chi connectivity index (χ3v) is 3.47. The van der Waals surface area contributed by atoms with E-state index in [0.717, 1.165) is 17.0 Å². The van der Waals surface area contributed by atoms with Gasteiger partial charge in [0.2, 0.25) is 11.4 Å². The second-order valence-corrected chi connectivity index (χ2v) is 4.87. The Morgan fingerprint density at radius 1 is 0.700 bits per heavy atom. The molecule has 2 N–H and O–H groups in total. The number of pyridine rings is 1. The van der Waals surface area contributed by atoms with E-state index in [4.69, 9.17) is 5.84 Å². The molecule has 2 aromatic carbocycles. The van der Waals surface area contributed by atoms with Gasteiger partial charge >= 0.3 is 0 Å². The molecule has 98 valence electrons. The highest BCUT2D eigenvalue weighted by atomic mass is 15.3. The zero-order valence-electron chi connectivity index (χ0n) is 11.5. The molecular formula is C18H17N2+. The standard InChI is InChI=1S/C18H17N2/c1-14-12-17(15-8-4-2-5-9-15)13-18(20(14)19)16-10-6-3-7-11-16/h2-13H,19H2,1H3/q+1. The maximum absolute atomic E-state index is 6.18. The van der Waals surface area contributed by atoms with Crippen molar-refractivity contribution in [1.82, 2.24) is 0 Å². The molecule has 0 fully saturated rings. The van der Waals surface area contributed by atoms with Gasteiger partial charge in [0.05, 0.1) is 0 Å². The molecule has 2 heteroatoms. The first kappa shape index (κ1) is 12.4. The molecule has 3 aromatic rings. The second-order valence-electron chi connectivity index (χ2n) is 4.87. The lowest BCUT2D eigenvalue weighted by Crippen LogP contribution is -2.49. The Hall–Kier alpha value is -2.61. The predicted molar refractivity (Wildman–Crippen MR) is 82.4 cm³/mol. The predicted octanol–water partition coefficient (Wildman–Crippen LogP) is 3.33. The monoisotopic (exact) mass is 261 g/mol. The molecule has 0 spiro atoms. The van der Waals surface area contributed by atoms with E-state index in [-0.39, 0.29) is 0 Å². The van der Waals surface area contributed by atoms with Crippen molar-refractivity contribution < 1.29 is 4.68 Å². The Bertz CT molecular complexity index is 719. The van der Waals surface area contributed by atoms with Crippen LogP contribution in [0.2, 0.25) is 0 Å². The highest BCUT2D eigenvalue weighted by molar-refractivity contribution is 5.69. The van der Waals surface area contributed by atoms with E-state index in [1.54, 1.807) is 4.68 Å². The molecule has 1 aromatic heterocycles. The average molecular weight is 261 g/mol. The van der Waals surface area contributed by atoms with Crippen LogP contribution in [0.25, 0.3) is 22.4 Å². The van der Waals surface area contributed by atoms with E-state index < -0.39 is 0 Å². The van der Waals surface area contributed by atoms with E-state index in [9.17, 15) is 0 Å². The number of hydrogen-bond acceptors (Lipinski definition) is 1. The summed E-state index contributed by atoms with van der Waals surface area (Å²) in [4.78, 5) is 0. The highest BCUT2D eigenvalue weighted by Gasteiger charge is 2.16. The third-order valence-electron chi connectivity index (χ3n) is 3.47. The SMILES string of the molecule is Cc1cc(-c2ccccc2)cc(-c2ccccc2)[n+]1N. The van der Waals surface area contributed by atoms with E-state index in [1.807, 2.05) is 31.2 Å². The van der Waals surface area contributed by atoms with E-state index in [0.29, 0.717) is 0 Å². The van der Waals surface area contributed by atoms with Crippen LogP contribution in [0.4, 0.5) is 0 Å². The van der Waals surface area contributed by atoms with Gasteiger partial charge in [-0.1, -0.05) is 53.2 Å². The van der Waals surface area contributed by atoms with Crippen LogP contribution in [0.15, 0.2) is 72.8 Å². The van der Waals surface area contributed by atoms with Crippen LogP contribution < -0.4 is 10.5 Å². The number of benzene rings is 2. The van der Waals surface area contributed by atoms with Crippen molar-refractivity contribution in [2.45, 2.75) is 6.92 Å². The van der Waals surface area contributed by atoms with Gasteiger partial charge in [0.25, 0.3) is 0 Å². The van der Waals surface area contributed by atoms with Crippen LogP contribution in [0.3, 0.4) is 0 Å². The summed E-state index contributed by atoms with van der Waals surface area (Å²) in [6, 6.07) is 24.8.